The van der Waals surface area contributed by atoms with Crippen LogP contribution in [0.1, 0.15) is 44.6 Å². The van der Waals surface area contributed by atoms with Crippen molar-refractivity contribution in [2.45, 2.75) is 43.9 Å². The molecule has 0 atom stereocenters. The van der Waals surface area contributed by atoms with Crippen molar-refractivity contribution in [3.63, 3.8) is 0 Å². The van der Waals surface area contributed by atoms with E-state index in [0.717, 1.165) is 10.6 Å². The van der Waals surface area contributed by atoms with Crippen LogP contribution in [0.4, 0.5) is 0 Å². The molecule has 0 amide bonds. The van der Waals surface area contributed by atoms with Crippen molar-refractivity contribution in [1.82, 2.24) is 5.32 Å². The summed E-state index contributed by atoms with van der Waals surface area (Å²) in [6.45, 7) is 2.26. The minimum atomic E-state index is 0.811. The van der Waals surface area contributed by atoms with Crippen molar-refractivity contribution in [1.29, 1.82) is 0 Å². The van der Waals surface area contributed by atoms with Crippen molar-refractivity contribution >= 4 is 29.0 Å². The molecule has 18 heavy (non-hydrogen) atoms. The SMILES string of the molecule is CCCCCCCSc1ccc(C(=S)NC)cc1. The summed E-state index contributed by atoms with van der Waals surface area (Å²) < 4.78 is 0. The third kappa shape index (κ3) is 5.87. The van der Waals surface area contributed by atoms with Gasteiger partial charge in [0.15, 0.2) is 0 Å². The van der Waals surface area contributed by atoms with Crippen molar-refractivity contribution in [2.75, 3.05) is 12.8 Å². The third-order valence-corrected chi connectivity index (χ3v) is 4.40. The first-order valence-corrected chi connectivity index (χ1v) is 8.12. The van der Waals surface area contributed by atoms with E-state index in [0.29, 0.717) is 0 Å². The number of thiocarbonyl (C=S) groups is 1. The predicted molar refractivity (Wildman–Crippen MR) is 86.7 cm³/mol. The normalized spacial score (nSPS) is 10.3. The molecule has 1 N–H and O–H groups in total. The van der Waals surface area contributed by atoms with Gasteiger partial charge in [0, 0.05) is 17.5 Å². The molecular formula is C15H23NS2. The van der Waals surface area contributed by atoms with Crippen LogP contribution in [0.5, 0.6) is 0 Å². The van der Waals surface area contributed by atoms with Crippen molar-refractivity contribution in [3.05, 3.63) is 29.8 Å². The standard InChI is InChI=1S/C15H23NS2/c1-3-4-5-6-7-12-18-14-10-8-13(9-11-14)15(17)16-2/h8-11H,3-7,12H2,1-2H3,(H,16,17). The molecule has 0 aliphatic carbocycles. The fourth-order valence-corrected chi connectivity index (χ4v) is 2.79. The number of benzene rings is 1. The minimum Gasteiger partial charge on any atom is -0.379 e. The molecule has 1 nitrogen and oxygen atoms in total. The topological polar surface area (TPSA) is 12.0 Å². The quantitative estimate of drug-likeness (QED) is 0.423. The van der Waals surface area contributed by atoms with Crippen LogP contribution in [-0.2, 0) is 0 Å². The number of hydrogen-bond acceptors (Lipinski definition) is 2. The van der Waals surface area contributed by atoms with Crippen molar-refractivity contribution in [2.24, 2.45) is 0 Å². The Morgan fingerprint density at radius 1 is 1.11 bits per heavy atom. The van der Waals surface area contributed by atoms with E-state index in [1.54, 1.807) is 0 Å². The molecule has 0 fully saturated rings. The Balaban J connectivity index is 2.25. The summed E-state index contributed by atoms with van der Waals surface area (Å²) in [5, 5.41) is 3.00. The monoisotopic (exact) mass is 281 g/mol. The highest BCUT2D eigenvalue weighted by molar-refractivity contribution is 7.99. The first-order valence-electron chi connectivity index (χ1n) is 6.73. The second kappa shape index (κ2) is 9.40. The Morgan fingerprint density at radius 3 is 2.39 bits per heavy atom. The number of unbranched alkanes of at least 4 members (excludes halogenated alkanes) is 4. The number of thioether (sulfide) groups is 1. The summed E-state index contributed by atoms with van der Waals surface area (Å²) in [4.78, 5) is 2.15. The highest BCUT2D eigenvalue weighted by Gasteiger charge is 1.99. The maximum Gasteiger partial charge on any atom is 0.106 e. The van der Waals surface area contributed by atoms with E-state index >= 15 is 0 Å². The van der Waals surface area contributed by atoms with Gasteiger partial charge in [0.1, 0.15) is 4.99 Å². The Labute approximate surface area is 121 Å². The molecule has 0 bridgehead atoms. The summed E-state index contributed by atoms with van der Waals surface area (Å²) in [5.74, 6) is 1.22. The molecule has 0 unspecified atom stereocenters. The van der Waals surface area contributed by atoms with E-state index in [4.69, 9.17) is 12.2 Å². The van der Waals surface area contributed by atoms with Gasteiger partial charge in [0.2, 0.25) is 0 Å². The average Bonchev–Trinajstić information content (AvgIpc) is 2.42. The number of rotatable bonds is 8. The van der Waals surface area contributed by atoms with Gasteiger partial charge in [-0.05, 0) is 24.3 Å². The summed E-state index contributed by atoms with van der Waals surface area (Å²) in [7, 11) is 1.86. The van der Waals surface area contributed by atoms with E-state index in [2.05, 4.69) is 36.5 Å². The van der Waals surface area contributed by atoms with E-state index in [1.807, 2.05) is 18.8 Å². The molecule has 1 aromatic carbocycles. The van der Waals surface area contributed by atoms with E-state index < -0.39 is 0 Å². The van der Waals surface area contributed by atoms with Crippen LogP contribution in [0.15, 0.2) is 29.2 Å². The third-order valence-electron chi connectivity index (χ3n) is 2.86. The highest BCUT2D eigenvalue weighted by Crippen LogP contribution is 2.20. The molecule has 0 aromatic heterocycles. The Bertz CT molecular complexity index is 346. The Morgan fingerprint density at radius 2 is 1.78 bits per heavy atom. The molecule has 0 saturated heterocycles. The van der Waals surface area contributed by atoms with Gasteiger partial charge < -0.3 is 5.32 Å². The minimum absolute atomic E-state index is 0.811. The summed E-state index contributed by atoms with van der Waals surface area (Å²) in [6.07, 6.45) is 6.76. The Kier molecular flexibility index (Phi) is 8.10. The van der Waals surface area contributed by atoms with Crippen LogP contribution in [0.25, 0.3) is 0 Å². The largest absolute Gasteiger partial charge is 0.379 e. The molecule has 0 saturated carbocycles. The van der Waals surface area contributed by atoms with Gasteiger partial charge >= 0.3 is 0 Å². The van der Waals surface area contributed by atoms with Gasteiger partial charge in [-0.25, -0.2) is 0 Å². The highest BCUT2D eigenvalue weighted by atomic mass is 32.2. The van der Waals surface area contributed by atoms with Crippen LogP contribution in [0, 0.1) is 0 Å². The smallest absolute Gasteiger partial charge is 0.106 e. The molecular weight excluding hydrogens is 258 g/mol. The number of nitrogens with one attached hydrogen (secondary N) is 1. The van der Waals surface area contributed by atoms with Gasteiger partial charge in [0.05, 0.1) is 0 Å². The van der Waals surface area contributed by atoms with Crippen LogP contribution in [-0.4, -0.2) is 17.8 Å². The van der Waals surface area contributed by atoms with E-state index in [9.17, 15) is 0 Å². The van der Waals surface area contributed by atoms with E-state index in [1.165, 1.54) is 42.8 Å². The predicted octanol–water partition coefficient (Wildman–Crippen LogP) is 4.64. The molecule has 0 aliphatic heterocycles. The van der Waals surface area contributed by atoms with Crippen LogP contribution in [0.2, 0.25) is 0 Å². The molecule has 100 valence electrons. The zero-order chi connectivity index (χ0) is 13.2. The first kappa shape index (κ1) is 15.5. The summed E-state index contributed by atoms with van der Waals surface area (Å²) >= 11 is 7.14. The fraction of sp³-hybridized carbons (Fsp3) is 0.533. The van der Waals surface area contributed by atoms with Crippen LogP contribution >= 0.6 is 24.0 Å². The van der Waals surface area contributed by atoms with Gasteiger partial charge in [0.25, 0.3) is 0 Å². The molecule has 0 spiro atoms. The summed E-state index contributed by atoms with van der Waals surface area (Å²) in [5.41, 5.74) is 1.10. The maximum atomic E-state index is 5.19. The van der Waals surface area contributed by atoms with Gasteiger partial charge in [-0.2, -0.15) is 0 Å². The maximum absolute atomic E-state index is 5.19. The molecule has 0 radical (unpaired) electrons. The molecule has 1 aromatic rings. The zero-order valence-corrected chi connectivity index (χ0v) is 13.0. The molecule has 0 heterocycles. The lowest BCUT2D eigenvalue weighted by Gasteiger charge is -2.05. The van der Waals surface area contributed by atoms with Gasteiger partial charge in [-0.15, -0.1) is 11.8 Å². The second-order valence-corrected chi connectivity index (χ2v) is 5.94. The van der Waals surface area contributed by atoms with Gasteiger partial charge in [-0.3, -0.25) is 0 Å². The first-order chi connectivity index (χ1) is 8.77. The van der Waals surface area contributed by atoms with Crippen molar-refractivity contribution < 1.29 is 0 Å². The van der Waals surface area contributed by atoms with Crippen LogP contribution < -0.4 is 5.32 Å². The molecule has 1 rings (SSSR count). The number of hydrogen-bond donors (Lipinski definition) is 1. The van der Waals surface area contributed by atoms with Gasteiger partial charge in [-0.1, -0.05) is 57.0 Å². The fourth-order valence-electron chi connectivity index (χ4n) is 1.74. The van der Waals surface area contributed by atoms with Crippen LogP contribution in [0.3, 0.4) is 0 Å². The molecule has 3 heteroatoms. The Hall–Kier alpha value is -0.540. The second-order valence-electron chi connectivity index (χ2n) is 4.37. The van der Waals surface area contributed by atoms with Crippen molar-refractivity contribution in [3.8, 4) is 0 Å². The average molecular weight is 281 g/mol. The van der Waals surface area contributed by atoms with E-state index in [-0.39, 0.29) is 0 Å². The summed E-state index contributed by atoms with van der Waals surface area (Å²) in [6, 6.07) is 8.52. The lowest BCUT2D eigenvalue weighted by molar-refractivity contribution is 0.659. The molecule has 0 aliphatic rings. The lowest BCUT2D eigenvalue weighted by atomic mass is 10.2. The zero-order valence-electron chi connectivity index (χ0n) is 11.4. The lowest BCUT2D eigenvalue weighted by Crippen LogP contribution is -2.16.